The third kappa shape index (κ3) is 4.92. The van der Waals surface area contributed by atoms with E-state index in [-0.39, 0.29) is 18.1 Å². The largest absolute Gasteiger partial charge is 0.478 e. The van der Waals surface area contributed by atoms with Gasteiger partial charge in [-0.3, -0.25) is 4.79 Å². The van der Waals surface area contributed by atoms with Gasteiger partial charge in [-0.25, -0.2) is 14.8 Å². The zero-order valence-electron chi connectivity index (χ0n) is 16.2. The van der Waals surface area contributed by atoms with Gasteiger partial charge in [-0.15, -0.1) is 0 Å². The van der Waals surface area contributed by atoms with Crippen LogP contribution in [0.4, 0.5) is 0 Å². The van der Waals surface area contributed by atoms with E-state index in [1.54, 1.807) is 24.3 Å². The molecule has 1 aliphatic heterocycles. The Morgan fingerprint density at radius 3 is 2.46 bits per heavy atom. The van der Waals surface area contributed by atoms with Crippen molar-refractivity contribution >= 4 is 11.9 Å². The Morgan fingerprint density at radius 1 is 1.18 bits per heavy atom. The molecule has 1 fully saturated rings. The normalized spacial score (nSPS) is 14.9. The molecular formula is C21H25N3O4. The molecule has 0 atom stereocenters. The van der Waals surface area contributed by atoms with Crippen LogP contribution in [0.2, 0.25) is 0 Å². The van der Waals surface area contributed by atoms with Crippen LogP contribution in [0.5, 0.6) is 0 Å². The number of hydrogen-bond acceptors (Lipinski definition) is 5. The Labute approximate surface area is 164 Å². The van der Waals surface area contributed by atoms with Gasteiger partial charge in [-0.1, -0.05) is 12.1 Å². The number of rotatable bonds is 6. The summed E-state index contributed by atoms with van der Waals surface area (Å²) in [4.78, 5) is 34.1. The first kappa shape index (κ1) is 19.9. The average Bonchev–Trinajstić information content (AvgIpc) is 2.68. The van der Waals surface area contributed by atoms with E-state index in [9.17, 15) is 9.59 Å². The number of amides is 1. The molecule has 1 aromatic heterocycles. The number of likely N-dealkylation sites (tertiary alicyclic amines) is 1. The van der Waals surface area contributed by atoms with E-state index >= 15 is 0 Å². The van der Waals surface area contributed by atoms with Crippen LogP contribution in [-0.4, -0.2) is 58.7 Å². The molecule has 7 nitrogen and oxygen atoms in total. The van der Waals surface area contributed by atoms with E-state index in [0.717, 1.165) is 55.1 Å². The predicted octanol–water partition coefficient (Wildman–Crippen LogP) is 2.58. The highest BCUT2D eigenvalue weighted by atomic mass is 16.5. The summed E-state index contributed by atoms with van der Waals surface area (Å²) < 4.78 is 4.92. The minimum absolute atomic E-state index is 0.0415. The lowest BCUT2D eigenvalue weighted by Gasteiger charge is -2.31. The number of carbonyl (C=O) groups is 2. The molecule has 0 spiro atoms. The lowest BCUT2D eigenvalue weighted by atomic mass is 9.93. The first-order chi connectivity index (χ1) is 13.5. The minimum atomic E-state index is -0.943. The number of carboxylic acid groups (broad SMARTS) is 1. The van der Waals surface area contributed by atoms with Crippen molar-refractivity contribution in [1.82, 2.24) is 14.9 Å². The van der Waals surface area contributed by atoms with E-state index in [0.29, 0.717) is 5.92 Å². The van der Waals surface area contributed by atoms with Crippen LogP contribution < -0.4 is 0 Å². The summed E-state index contributed by atoms with van der Waals surface area (Å²) in [6.07, 6.45) is 2.62. The molecule has 1 N–H and O–H groups in total. The fourth-order valence-corrected chi connectivity index (χ4v) is 3.51. The lowest BCUT2D eigenvalue weighted by molar-refractivity contribution is -0.136. The van der Waals surface area contributed by atoms with Crippen molar-refractivity contribution in [3.8, 4) is 11.3 Å². The van der Waals surface area contributed by atoms with Crippen molar-refractivity contribution in [2.75, 3.05) is 26.8 Å². The number of hydrogen-bond donors (Lipinski definition) is 1. The highest BCUT2D eigenvalue weighted by molar-refractivity contribution is 5.88. The zero-order chi connectivity index (χ0) is 20.1. The highest BCUT2D eigenvalue weighted by Crippen LogP contribution is 2.23. The van der Waals surface area contributed by atoms with Crippen LogP contribution in [0.25, 0.3) is 11.3 Å². The summed E-state index contributed by atoms with van der Waals surface area (Å²) in [5.41, 5.74) is 2.81. The number of piperidine rings is 1. The van der Waals surface area contributed by atoms with E-state index in [1.165, 1.54) is 7.11 Å². The van der Waals surface area contributed by atoms with E-state index in [4.69, 9.17) is 14.8 Å². The van der Waals surface area contributed by atoms with E-state index in [2.05, 4.69) is 4.98 Å². The third-order valence-corrected chi connectivity index (χ3v) is 5.03. The first-order valence-electron chi connectivity index (χ1n) is 9.41. The quantitative estimate of drug-likeness (QED) is 0.824. The number of carbonyl (C=O) groups excluding carboxylic acids is 1. The molecule has 7 heteroatoms. The van der Waals surface area contributed by atoms with Crippen molar-refractivity contribution in [2.45, 2.75) is 26.2 Å². The number of benzene rings is 1. The molecule has 0 saturated carbocycles. The topological polar surface area (TPSA) is 92.6 Å². The fourth-order valence-electron chi connectivity index (χ4n) is 3.51. The maximum Gasteiger partial charge on any atom is 0.335 e. The maximum atomic E-state index is 11.9. The Bertz CT molecular complexity index is 843. The summed E-state index contributed by atoms with van der Waals surface area (Å²) >= 11 is 0. The molecular weight excluding hydrogens is 358 g/mol. The molecule has 1 aromatic carbocycles. The smallest absolute Gasteiger partial charge is 0.335 e. The van der Waals surface area contributed by atoms with Gasteiger partial charge in [0.1, 0.15) is 12.4 Å². The Hall–Kier alpha value is -2.80. The van der Waals surface area contributed by atoms with E-state index in [1.807, 2.05) is 17.9 Å². The van der Waals surface area contributed by atoms with Crippen LogP contribution >= 0.6 is 0 Å². The van der Waals surface area contributed by atoms with Crippen LogP contribution in [0, 0.1) is 12.8 Å². The third-order valence-electron chi connectivity index (χ3n) is 5.03. The molecule has 0 bridgehead atoms. The maximum absolute atomic E-state index is 11.9. The summed E-state index contributed by atoms with van der Waals surface area (Å²) in [7, 11) is 1.53. The molecule has 1 saturated heterocycles. The second kappa shape index (κ2) is 8.93. The SMILES string of the molecule is COCC(=O)N1CCC(Cc2nc(C)cc(-c3ccc(C(=O)O)cc3)n2)CC1. The van der Waals surface area contributed by atoms with Crippen LogP contribution in [0.15, 0.2) is 30.3 Å². The van der Waals surface area contributed by atoms with Crippen molar-refractivity contribution in [2.24, 2.45) is 5.92 Å². The fraction of sp³-hybridized carbons (Fsp3) is 0.429. The van der Waals surface area contributed by atoms with Crippen LogP contribution in [0.3, 0.4) is 0 Å². The number of aromatic nitrogens is 2. The number of ether oxygens (including phenoxy) is 1. The minimum Gasteiger partial charge on any atom is -0.478 e. The number of methoxy groups -OCH3 is 1. The molecule has 0 aliphatic carbocycles. The lowest BCUT2D eigenvalue weighted by Crippen LogP contribution is -2.40. The van der Waals surface area contributed by atoms with Gasteiger partial charge >= 0.3 is 5.97 Å². The molecule has 2 aromatic rings. The van der Waals surface area contributed by atoms with Gasteiger partial charge in [0.2, 0.25) is 5.91 Å². The van der Waals surface area contributed by atoms with Gasteiger partial charge in [0.25, 0.3) is 0 Å². The predicted molar refractivity (Wildman–Crippen MR) is 104 cm³/mol. The molecule has 148 valence electrons. The van der Waals surface area contributed by atoms with Crippen molar-refractivity contribution in [3.05, 3.63) is 47.4 Å². The van der Waals surface area contributed by atoms with Crippen molar-refractivity contribution in [1.29, 1.82) is 0 Å². The highest BCUT2D eigenvalue weighted by Gasteiger charge is 2.23. The molecule has 28 heavy (non-hydrogen) atoms. The van der Waals surface area contributed by atoms with Crippen molar-refractivity contribution < 1.29 is 19.4 Å². The number of aromatic carboxylic acids is 1. The molecule has 1 aliphatic rings. The summed E-state index contributed by atoms with van der Waals surface area (Å²) in [6, 6.07) is 8.62. The monoisotopic (exact) mass is 383 g/mol. The Kier molecular flexibility index (Phi) is 6.36. The van der Waals surface area contributed by atoms with Crippen LogP contribution in [0.1, 0.15) is 34.7 Å². The molecule has 0 radical (unpaired) electrons. The molecule has 2 heterocycles. The number of carboxylic acids is 1. The second-order valence-corrected chi connectivity index (χ2v) is 7.15. The number of nitrogens with zero attached hydrogens (tertiary/aromatic N) is 3. The van der Waals surface area contributed by atoms with Crippen molar-refractivity contribution in [3.63, 3.8) is 0 Å². The Morgan fingerprint density at radius 2 is 1.86 bits per heavy atom. The molecule has 3 rings (SSSR count). The van der Waals surface area contributed by atoms with Gasteiger partial charge in [0.15, 0.2) is 0 Å². The number of aryl methyl sites for hydroxylation is 1. The summed E-state index contributed by atoms with van der Waals surface area (Å²) in [5.74, 6) is 0.330. The molecule has 1 amide bonds. The van der Waals surface area contributed by atoms with Gasteiger partial charge in [-0.05, 0) is 43.9 Å². The Balaban J connectivity index is 1.67. The summed E-state index contributed by atoms with van der Waals surface area (Å²) in [5, 5.41) is 9.04. The molecule has 0 unspecified atom stereocenters. The first-order valence-corrected chi connectivity index (χ1v) is 9.41. The van der Waals surface area contributed by atoms with Crippen LogP contribution in [-0.2, 0) is 16.0 Å². The van der Waals surface area contributed by atoms with Gasteiger partial charge in [0, 0.05) is 37.9 Å². The van der Waals surface area contributed by atoms with Gasteiger partial charge in [0.05, 0.1) is 11.3 Å². The van der Waals surface area contributed by atoms with E-state index < -0.39 is 5.97 Å². The standard InChI is InChI=1S/C21H25N3O4/c1-14-11-18(16-3-5-17(6-4-16)21(26)27)23-19(22-14)12-15-7-9-24(10-8-15)20(25)13-28-2/h3-6,11,15H,7-10,12-13H2,1-2H3,(H,26,27). The summed E-state index contributed by atoms with van der Waals surface area (Å²) in [6.45, 7) is 3.55. The zero-order valence-corrected chi connectivity index (χ0v) is 16.2. The average molecular weight is 383 g/mol. The van der Waals surface area contributed by atoms with Gasteiger partial charge in [-0.2, -0.15) is 0 Å². The van der Waals surface area contributed by atoms with Gasteiger partial charge < -0.3 is 14.7 Å². The second-order valence-electron chi connectivity index (χ2n) is 7.15.